The Hall–Kier alpha value is -0.120. The first-order valence-electron chi connectivity index (χ1n) is 6.98. The summed E-state index contributed by atoms with van der Waals surface area (Å²) in [5, 5.41) is 0. The molecule has 0 amide bonds. The van der Waals surface area contributed by atoms with E-state index in [-0.39, 0.29) is 0 Å². The molecular weight excluding hydrogens is 212 g/mol. The first-order valence-corrected chi connectivity index (χ1v) is 6.98. The van der Waals surface area contributed by atoms with Crippen molar-refractivity contribution in [1.82, 2.24) is 4.90 Å². The van der Waals surface area contributed by atoms with Crippen LogP contribution < -0.4 is 5.73 Å². The van der Waals surface area contributed by atoms with Gasteiger partial charge in [-0.05, 0) is 31.2 Å². The molecule has 3 heteroatoms. The van der Waals surface area contributed by atoms with Crippen LogP contribution in [-0.4, -0.2) is 43.8 Å². The van der Waals surface area contributed by atoms with Crippen molar-refractivity contribution in [3.8, 4) is 0 Å². The lowest BCUT2D eigenvalue weighted by Gasteiger charge is -2.41. The highest BCUT2D eigenvalue weighted by molar-refractivity contribution is 4.87. The maximum Gasteiger partial charge on any atom is 0.0622 e. The van der Waals surface area contributed by atoms with Gasteiger partial charge in [0.1, 0.15) is 0 Å². The number of rotatable bonds is 6. The summed E-state index contributed by atoms with van der Waals surface area (Å²) in [6.07, 6.45) is 1.15. The molecule has 17 heavy (non-hydrogen) atoms. The summed E-state index contributed by atoms with van der Waals surface area (Å²) in [4.78, 5) is 2.47. The van der Waals surface area contributed by atoms with Crippen LogP contribution in [0.3, 0.4) is 0 Å². The van der Waals surface area contributed by atoms with Crippen LogP contribution in [0.25, 0.3) is 0 Å². The predicted octanol–water partition coefficient (Wildman–Crippen LogP) is 1.96. The quantitative estimate of drug-likeness (QED) is 0.774. The lowest BCUT2D eigenvalue weighted by atomic mass is 9.79. The van der Waals surface area contributed by atoms with Gasteiger partial charge in [0.15, 0.2) is 0 Å². The van der Waals surface area contributed by atoms with E-state index in [2.05, 4.69) is 39.6 Å². The van der Waals surface area contributed by atoms with Gasteiger partial charge in [0.05, 0.1) is 6.61 Å². The van der Waals surface area contributed by atoms with Gasteiger partial charge in [-0.25, -0.2) is 0 Å². The Labute approximate surface area is 107 Å². The van der Waals surface area contributed by atoms with Gasteiger partial charge < -0.3 is 10.5 Å². The average molecular weight is 242 g/mol. The highest BCUT2D eigenvalue weighted by Crippen LogP contribution is 2.28. The highest BCUT2D eigenvalue weighted by atomic mass is 16.5. The molecule has 0 aliphatic carbocycles. The van der Waals surface area contributed by atoms with E-state index in [0.29, 0.717) is 29.8 Å². The second-order valence-electron chi connectivity index (χ2n) is 6.05. The van der Waals surface area contributed by atoms with Crippen LogP contribution in [0.2, 0.25) is 0 Å². The summed E-state index contributed by atoms with van der Waals surface area (Å²) in [7, 11) is 2.22. The molecule has 0 spiro atoms. The highest BCUT2D eigenvalue weighted by Gasteiger charge is 2.33. The van der Waals surface area contributed by atoms with E-state index in [1.807, 2.05) is 0 Å². The van der Waals surface area contributed by atoms with Gasteiger partial charge >= 0.3 is 0 Å². The van der Waals surface area contributed by atoms with Gasteiger partial charge in [-0.1, -0.05) is 27.7 Å². The Morgan fingerprint density at radius 2 is 1.82 bits per heavy atom. The van der Waals surface area contributed by atoms with Gasteiger partial charge in [0, 0.05) is 25.2 Å². The monoisotopic (exact) mass is 242 g/mol. The smallest absolute Gasteiger partial charge is 0.0622 e. The van der Waals surface area contributed by atoms with Crippen LogP contribution >= 0.6 is 0 Å². The summed E-state index contributed by atoms with van der Waals surface area (Å²) < 4.78 is 5.49. The molecule has 1 aliphatic heterocycles. The zero-order valence-electron chi connectivity index (χ0n) is 12.1. The molecule has 3 nitrogen and oxygen atoms in total. The molecular formula is C14H30N2O. The van der Waals surface area contributed by atoms with Gasteiger partial charge in [0.2, 0.25) is 0 Å². The lowest BCUT2D eigenvalue weighted by Crippen LogP contribution is -2.51. The molecule has 1 saturated heterocycles. The summed E-state index contributed by atoms with van der Waals surface area (Å²) in [6, 6.07) is 1.03. The van der Waals surface area contributed by atoms with Crippen LogP contribution in [0.1, 0.15) is 34.1 Å². The first kappa shape index (κ1) is 14.9. The third-order valence-electron chi connectivity index (χ3n) is 4.23. The van der Waals surface area contributed by atoms with Crippen molar-refractivity contribution in [2.75, 3.05) is 26.8 Å². The molecule has 0 aromatic carbocycles. The fraction of sp³-hybridized carbons (Fsp3) is 1.00. The molecule has 1 rings (SSSR count). The van der Waals surface area contributed by atoms with E-state index in [0.717, 1.165) is 26.2 Å². The third kappa shape index (κ3) is 3.67. The summed E-state index contributed by atoms with van der Waals surface area (Å²) in [6.45, 7) is 11.8. The second-order valence-corrected chi connectivity index (χ2v) is 6.05. The van der Waals surface area contributed by atoms with Gasteiger partial charge in [-0.3, -0.25) is 4.90 Å². The van der Waals surface area contributed by atoms with Crippen molar-refractivity contribution < 1.29 is 4.74 Å². The summed E-state index contributed by atoms with van der Waals surface area (Å²) >= 11 is 0. The Morgan fingerprint density at radius 1 is 1.24 bits per heavy atom. The molecule has 0 radical (unpaired) electrons. The maximum absolute atomic E-state index is 6.04. The van der Waals surface area contributed by atoms with Crippen molar-refractivity contribution in [3.63, 3.8) is 0 Å². The molecule has 102 valence electrons. The molecule has 1 fully saturated rings. The first-order chi connectivity index (χ1) is 7.99. The fourth-order valence-corrected chi connectivity index (χ4v) is 3.37. The number of hydrogen-bond acceptors (Lipinski definition) is 3. The zero-order chi connectivity index (χ0) is 13.0. The Kier molecular flexibility index (Phi) is 5.90. The van der Waals surface area contributed by atoms with Crippen molar-refractivity contribution in [2.45, 2.75) is 46.2 Å². The SMILES string of the molecule is CC(C)C(C(C)C)C(CN)N(C)C1CCOC1. The van der Waals surface area contributed by atoms with Gasteiger partial charge in [0.25, 0.3) is 0 Å². The molecule has 2 N–H and O–H groups in total. The van der Waals surface area contributed by atoms with Crippen LogP contribution in [-0.2, 0) is 4.74 Å². The van der Waals surface area contributed by atoms with E-state index in [4.69, 9.17) is 10.5 Å². The minimum Gasteiger partial charge on any atom is -0.380 e. The average Bonchev–Trinajstić information content (AvgIpc) is 2.76. The van der Waals surface area contributed by atoms with Gasteiger partial charge in [-0.2, -0.15) is 0 Å². The molecule has 1 heterocycles. The predicted molar refractivity (Wildman–Crippen MR) is 73.0 cm³/mol. The minimum absolute atomic E-state index is 0.474. The van der Waals surface area contributed by atoms with Crippen molar-refractivity contribution in [2.24, 2.45) is 23.5 Å². The van der Waals surface area contributed by atoms with E-state index >= 15 is 0 Å². The molecule has 0 bridgehead atoms. The molecule has 0 aromatic rings. The Balaban J connectivity index is 2.72. The zero-order valence-corrected chi connectivity index (χ0v) is 12.1. The van der Waals surface area contributed by atoms with Gasteiger partial charge in [-0.15, -0.1) is 0 Å². The molecule has 0 saturated carbocycles. The van der Waals surface area contributed by atoms with Crippen LogP contribution in [0.4, 0.5) is 0 Å². The van der Waals surface area contributed by atoms with Crippen molar-refractivity contribution >= 4 is 0 Å². The van der Waals surface area contributed by atoms with E-state index in [9.17, 15) is 0 Å². The minimum atomic E-state index is 0.474. The Bertz CT molecular complexity index is 204. The largest absolute Gasteiger partial charge is 0.380 e. The number of likely N-dealkylation sites (N-methyl/N-ethyl adjacent to an activating group) is 1. The number of hydrogen-bond donors (Lipinski definition) is 1. The summed E-state index contributed by atoms with van der Waals surface area (Å²) in [5.74, 6) is 2.01. The van der Waals surface area contributed by atoms with E-state index in [1.54, 1.807) is 0 Å². The number of nitrogens with two attached hydrogens (primary N) is 1. The Morgan fingerprint density at radius 3 is 2.18 bits per heavy atom. The second kappa shape index (κ2) is 6.72. The third-order valence-corrected chi connectivity index (χ3v) is 4.23. The molecule has 0 aromatic heterocycles. The van der Waals surface area contributed by atoms with Crippen molar-refractivity contribution in [3.05, 3.63) is 0 Å². The summed E-state index contributed by atoms with van der Waals surface area (Å²) in [5.41, 5.74) is 6.04. The van der Waals surface area contributed by atoms with Crippen LogP contribution in [0.5, 0.6) is 0 Å². The normalized spacial score (nSPS) is 23.3. The van der Waals surface area contributed by atoms with Crippen LogP contribution in [0.15, 0.2) is 0 Å². The molecule has 1 aliphatic rings. The molecule has 2 unspecified atom stereocenters. The number of ether oxygens (including phenoxy) is 1. The lowest BCUT2D eigenvalue weighted by molar-refractivity contribution is 0.0697. The standard InChI is InChI=1S/C14H30N2O/c1-10(2)14(11(3)4)13(8-15)16(5)12-6-7-17-9-12/h10-14H,6-9,15H2,1-5H3. The fourth-order valence-electron chi connectivity index (χ4n) is 3.37. The van der Waals surface area contributed by atoms with Crippen LogP contribution in [0, 0.1) is 17.8 Å². The van der Waals surface area contributed by atoms with Crippen molar-refractivity contribution in [1.29, 1.82) is 0 Å². The van der Waals surface area contributed by atoms with E-state index in [1.165, 1.54) is 0 Å². The molecule has 2 atom stereocenters. The number of nitrogens with zero attached hydrogens (tertiary/aromatic N) is 1. The van der Waals surface area contributed by atoms with E-state index < -0.39 is 0 Å². The topological polar surface area (TPSA) is 38.5 Å². The maximum atomic E-state index is 6.04.